The van der Waals surface area contributed by atoms with Gasteiger partial charge in [0.1, 0.15) is 11.3 Å². The van der Waals surface area contributed by atoms with Crippen LogP contribution in [-0.2, 0) is 19.4 Å². The summed E-state index contributed by atoms with van der Waals surface area (Å²) in [6.45, 7) is 4.44. The number of hydrogen-bond donors (Lipinski definition) is 2. The Morgan fingerprint density at radius 3 is 2.88 bits per heavy atom. The fourth-order valence-corrected chi connectivity index (χ4v) is 4.29. The molecular formula is C25H28N6O3. The minimum Gasteiger partial charge on any atom is -0.390 e. The van der Waals surface area contributed by atoms with Crippen molar-refractivity contribution in [1.29, 1.82) is 0 Å². The maximum Gasteiger partial charge on any atom is 0.271 e. The molecule has 0 saturated heterocycles. The summed E-state index contributed by atoms with van der Waals surface area (Å²) >= 11 is 0. The van der Waals surface area contributed by atoms with Crippen molar-refractivity contribution in [1.82, 2.24) is 29.7 Å². The lowest BCUT2D eigenvalue weighted by Gasteiger charge is -2.30. The number of fused-ring (bicyclic) bond motifs is 2. The molecule has 1 aromatic carbocycles. The number of aliphatic hydroxyl groups is 1. The van der Waals surface area contributed by atoms with Crippen LogP contribution < -0.4 is 5.32 Å². The second-order valence-electron chi connectivity index (χ2n) is 8.69. The lowest BCUT2D eigenvalue weighted by atomic mass is 10.00. The largest absolute Gasteiger partial charge is 0.390 e. The highest BCUT2D eigenvalue weighted by Gasteiger charge is 2.19. The van der Waals surface area contributed by atoms with Gasteiger partial charge in [0.05, 0.1) is 6.10 Å². The molecule has 0 aliphatic carbocycles. The minimum atomic E-state index is -0.659. The zero-order valence-electron chi connectivity index (χ0n) is 19.1. The maximum atomic E-state index is 12.7. The van der Waals surface area contributed by atoms with Crippen LogP contribution in [0, 0.1) is 0 Å². The number of pyridine rings is 1. The Balaban J connectivity index is 1.18. The highest BCUT2D eigenvalue weighted by Crippen LogP contribution is 2.19. The lowest BCUT2D eigenvalue weighted by molar-refractivity contribution is 0.0838. The lowest BCUT2D eigenvalue weighted by Crippen LogP contribution is -2.42. The molecule has 2 N–H and O–H groups in total. The van der Waals surface area contributed by atoms with Crippen LogP contribution in [0.25, 0.3) is 17.0 Å². The Morgan fingerprint density at radius 1 is 1.18 bits per heavy atom. The molecule has 0 fully saturated rings. The zero-order chi connectivity index (χ0) is 23.5. The monoisotopic (exact) mass is 460 g/mol. The molecule has 1 atom stereocenters. The van der Waals surface area contributed by atoms with Gasteiger partial charge in [-0.25, -0.2) is 4.98 Å². The van der Waals surface area contributed by atoms with E-state index in [0.29, 0.717) is 23.9 Å². The van der Waals surface area contributed by atoms with Crippen LogP contribution in [-0.4, -0.2) is 61.2 Å². The molecule has 4 aromatic rings. The minimum absolute atomic E-state index is 0.166. The zero-order valence-corrected chi connectivity index (χ0v) is 19.1. The van der Waals surface area contributed by atoms with Gasteiger partial charge < -0.3 is 19.3 Å². The molecule has 0 spiro atoms. The summed E-state index contributed by atoms with van der Waals surface area (Å²) in [6, 6.07) is 12.1. The number of imidazole rings is 1. The van der Waals surface area contributed by atoms with Crippen molar-refractivity contribution < 1.29 is 14.4 Å². The molecule has 0 saturated carbocycles. The number of amides is 1. The van der Waals surface area contributed by atoms with Crippen molar-refractivity contribution in [2.45, 2.75) is 38.8 Å². The average molecular weight is 461 g/mol. The molecule has 1 aliphatic rings. The summed E-state index contributed by atoms with van der Waals surface area (Å²) in [5.41, 5.74) is 4.38. The van der Waals surface area contributed by atoms with Crippen molar-refractivity contribution >= 4 is 11.6 Å². The quantitative estimate of drug-likeness (QED) is 0.416. The van der Waals surface area contributed by atoms with E-state index in [4.69, 9.17) is 4.52 Å². The summed E-state index contributed by atoms with van der Waals surface area (Å²) in [4.78, 5) is 23.7. The number of carbonyl (C=O) groups excluding carboxylic acids is 1. The number of benzene rings is 1. The van der Waals surface area contributed by atoms with Crippen molar-refractivity contribution in [3.63, 3.8) is 0 Å². The number of aryl methyl sites for hydroxylation is 1. The van der Waals surface area contributed by atoms with Crippen LogP contribution in [0.1, 0.15) is 40.9 Å². The first-order valence-electron chi connectivity index (χ1n) is 11.7. The number of aliphatic hydroxyl groups excluding tert-OH is 1. The maximum absolute atomic E-state index is 12.7. The smallest absolute Gasteiger partial charge is 0.271 e. The topological polar surface area (TPSA) is 109 Å². The fraction of sp³-hybridized carbons (Fsp3) is 0.360. The third-order valence-corrected chi connectivity index (χ3v) is 6.05. The normalized spacial score (nSPS) is 14.8. The Morgan fingerprint density at radius 2 is 2.03 bits per heavy atom. The first-order valence-corrected chi connectivity index (χ1v) is 11.7. The van der Waals surface area contributed by atoms with Gasteiger partial charge in [0.25, 0.3) is 5.91 Å². The number of hydrogen-bond acceptors (Lipinski definition) is 7. The molecule has 1 amide bonds. The first kappa shape index (κ1) is 22.2. The predicted octanol–water partition coefficient (Wildman–Crippen LogP) is 2.49. The highest BCUT2D eigenvalue weighted by molar-refractivity contribution is 5.92. The molecule has 3 aromatic heterocycles. The number of nitrogens with zero attached hydrogens (tertiary/aromatic N) is 5. The molecule has 9 nitrogen and oxygen atoms in total. The van der Waals surface area contributed by atoms with Gasteiger partial charge in [0.2, 0.25) is 11.7 Å². The molecule has 0 radical (unpaired) electrons. The molecule has 1 unspecified atom stereocenters. The molecule has 176 valence electrons. The first-order chi connectivity index (χ1) is 16.6. The van der Waals surface area contributed by atoms with Crippen molar-refractivity contribution in [2.75, 3.05) is 19.6 Å². The summed E-state index contributed by atoms with van der Waals surface area (Å²) in [7, 11) is 0. The average Bonchev–Trinajstić information content (AvgIpc) is 3.49. The Labute approximate surface area is 197 Å². The standard InChI is InChI=1S/C25H28N6O3/c1-2-5-23-28-24(29-34-23)19-8-9-22-27-21(16-31(22)14-19)25(33)26-12-20(32)15-30-11-10-17-6-3-4-7-18(17)13-30/h3-4,6-9,14,16,20,32H,2,5,10-13,15H2,1H3,(H,26,33). The van der Waals surface area contributed by atoms with E-state index in [9.17, 15) is 9.90 Å². The van der Waals surface area contributed by atoms with Gasteiger partial charge in [-0.2, -0.15) is 4.98 Å². The van der Waals surface area contributed by atoms with Gasteiger partial charge in [-0.3, -0.25) is 9.69 Å². The van der Waals surface area contributed by atoms with Crippen LogP contribution in [0.4, 0.5) is 0 Å². The molecule has 5 rings (SSSR count). The van der Waals surface area contributed by atoms with E-state index < -0.39 is 6.10 Å². The SMILES string of the molecule is CCCc1nc(-c2ccc3nc(C(=O)NCC(O)CN4CCc5ccccc5C4)cn3c2)no1. The number of aromatic nitrogens is 4. The third-order valence-electron chi connectivity index (χ3n) is 6.05. The number of nitrogens with one attached hydrogen (secondary N) is 1. The van der Waals surface area contributed by atoms with Crippen molar-refractivity contribution in [3.8, 4) is 11.4 Å². The summed E-state index contributed by atoms with van der Waals surface area (Å²) in [6.07, 6.45) is 5.47. The van der Waals surface area contributed by atoms with Gasteiger partial charge in [-0.15, -0.1) is 0 Å². The second kappa shape index (κ2) is 9.74. The van der Waals surface area contributed by atoms with Crippen LogP contribution >= 0.6 is 0 Å². The summed E-state index contributed by atoms with van der Waals surface area (Å²) in [5, 5.41) is 17.3. The van der Waals surface area contributed by atoms with Gasteiger partial charge in [-0.1, -0.05) is 36.3 Å². The molecule has 4 heterocycles. The number of β-amino-alcohol motifs (C(OH)–C–C–N with tert-alkyl or cyclic N) is 1. The van der Waals surface area contributed by atoms with E-state index in [0.717, 1.165) is 37.9 Å². The van der Waals surface area contributed by atoms with E-state index in [-0.39, 0.29) is 18.1 Å². The van der Waals surface area contributed by atoms with Crippen molar-refractivity contribution in [3.05, 3.63) is 71.5 Å². The second-order valence-corrected chi connectivity index (χ2v) is 8.69. The molecule has 1 aliphatic heterocycles. The molecular weight excluding hydrogens is 432 g/mol. The molecule has 34 heavy (non-hydrogen) atoms. The van der Waals surface area contributed by atoms with Crippen molar-refractivity contribution in [2.24, 2.45) is 0 Å². The number of carbonyl (C=O) groups is 1. The Bertz CT molecular complexity index is 1300. The predicted molar refractivity (Wildman–Crippen MR) is 126 cm³/mol. The van der Waals surface area contributed by atoms with Crippen LogP contribution in [0.15, 0.2) is 53.3 Å². The number of rotatable bonds is 8. The van der Waals surface area contributed by atoms with Crippen LogP contribution in [0.5, 0.6) is 0 Å². The fourth-order valence-electron chi connectivity index (χ4n) is 4.29. The van der Waals surface area contributed by atoms with Gasteiger partial charge in [-0.05, 0) is 36.1 Å². The summed E-state index contributed by atoms with van der Waals surface area (Å²) in [5.74, 6) is 0.794. The van der Waals surface area contributed by atoms with E-state index >= 15 is 0 Å². The van der Waals surface area contributed by atoms with Gasteiger partial charge in [0, 0.05) is 50.6 Å². The van der Waals surface area contributed by atoms with Gasteiger partial charge >= 0.3 is 0 Å². The van der Waals surface area contributed by atoms with Crippen LogP contribution in [0.3, 0.4) is 0 Å². The molecule has 9 heteroatoms. The third kappa shape index (κ3) is 4.85. The van der Waals surface area contributed by atoms with E-state index in [2.05, 4.69) is 50.5 Å². The Hall–Kier alpha value is -3.56. The van der Waals surface area contributed by atoms with Crippen LogP contribution in [0.2, 0.25) is 0 Å². The van der Waals surface area contributed by atoms with E-state index in [1.165, 1.54) is 11.1 Å². The van der Waals surface area contributed by atoms with E-state index in [1.807, 2.05) is 24.4 Å². The Kier molecular flexibility index (Phi) is 6.37. The summed E-state index contributed by atoms with van der Waals surface area (Å²) < 4.78 is 7.03. The highest BCUT2D eigenvalue weighted by atomic mass is 16.5. The van der Waals surface area contributed by atoms with E-state index in [1.54, 1.807) is 10.6 Å². The van der Waals surface area contributed by atoms with Gasteiger partial charge in [0.15, 0.2) is 0 Å². The molecule has 0 bridgehead atoms.